The minimum Gasteiger partial charge on any atom is -0.467 e. The topological polar surface area (TPSA) is 55.4 Å². The second-order valence-corrected chi connectivity index (χ2v) is 5.51. The number of halogens is 2. The average molecular weight is 311 g/mol. The maximum absolute atomic E-state index is 13.1. The Kier molecular flexibility index (Phi) is 5.11. The first-order chi connectivity index (χ1) is 10.4. The molecule has 0 aliphatic heterocycles. The smallest absolute Gasteiger partial charge is 0.333 e. The zero-order valence-corrected chi connectivity index (χ0v) is 12.4. The summed E-state index contributed by atoms with van der Waals surface area (Å²) in [6, 6.07) is 7.79. The summed E-state index contributed by atoms with van der Waals surface area (Å²) < 4.78 is 31.0. The van der Waals surface area contributed by atoms with E-state index in [9.17, 15) is 18.4 Å². The van der Waals surface area contributed by atoms with Crippen LogP contribution < -0.4 is 5.32 Å². The van der Waals surface area contributed by atoms with Gasteiger partial charge in [0.1, 0.15) is 0 Å². The molecule has 1 N–H and O–H groups in total. The largest absolute Gasteiger partial charge is 0.467 e. The number of benzene rings is 1. The Balaban J connectivity index is 2.05. The van der Waals surface area contributed by atoms with Gasteiger partial charge in [0.2, 0.25) is 11.8 Å². The fourth-order valence-electron chi connectivity index (χ4n) is 2.60. The number of nitrogens with one attached hydrogen (secondary N) is 1. The molecular weight excluding hydrogens is 292 g/mol. The number of carbonyl (C=O) groups excluding carboxylic acids is 2. The second kappa shape index (κ2) is 6.85. The Morgan fingerprint density at radius 3 is 2.36 bits per heavy atom. The molecular formula is C16H19F2NO3. The van der Waals surface area contributed by atoms with Crippen molar-refractivity contribution in [2.75, 3.05) is 7.11 Å². The standard InChI is InChI=1S/C16H19F2NO3/c1-22-15(21)13(11-5-3-2-4-6-11)19-14(20)12-7-9-16(17,18)10-8-12/h2-6,12-13H,7-10H2,1H3,(H,19,20)/t13-/m1/s1. The Labute approximate surface area is 127 Å². The van der Waals surface area contributed by atoms with Crippen LogP contribution in [0.2, 0.25) is 0 Å². The van der Waals surface area contributed by atoms with Gasteiger partial charge in [-0.2, -0.15) is 0 Å². The SMILES string of the molecule is COC(=O)[C@H](NC(=O)C1CCC(F)(F)CC1)c1ccccc1. The van der Waals surface area contributed by atoms with Crippen molar-refractivity contribution in [3.05, 3.63) is 35.9 Å². The molecule has 0 aromatic heterocycles. The number of methoxy groups -OCH3 is 1. The predicted octanol–water partition coefficient (Wildman–Crippen LogP) is 2.84. The number of hydrogen-bond donors (Lipinski definition) is 1. The predicted molar refractivity (Wildman–Crippen MR) is 76.2 cm³/mol. The summed E-state index contributed by atoms with van der Waals surface area (Å²) in [5.74, 6) is -4.14. The van der Waals surface area contributed by atoms with Gasteiger partial charge in [0.15, 0.2) is 6.04 Å². The molecule has 0 spiro atoms. The van der Waals surface area contributed by atoms with Crippen molar-refractivity contribution in [2.24, 2.45) is 5.92 Å². The minimum atomic E-state index is -2.68. The third-order valence-corrected chi connectivity index (χ3v) is 3.94. The van der Waals surface area contributed by atoms with E-state index in [0.29, 0.717) is 5.56 Å². The van der Waals surface area contributed by atoms with Crippen LogP contribution >= 0.6 is 0 Å². The van der Waals surface area contributed by atoms with Crippen LogP contribution in [0.15, 0.2) is 30.3 Å². The molecule has 0 unspecified atom stereocenters. The fraction of sp³-hybridized carbons (Fsp3) is 0.500. The highest BCUT2D eigenvalue weighted by molar-refractivity contribution is 5.86. The van der Waals surface area contributed by atoms with Crippen molar-refractivity contribution in [3.63, 3.8) is 0 Å². The van der Waals surface area contributed by atoms with Gasteiger partial charge in [-0.15, -0.1) is 0 Å². The van der Waals surface area contributed by atoms with Crippen LogP contribution in [0, 0.1) is 5.92 Å². The van der Waals surface area contributed by atoms with Crippen molar-refractivity contribution in [1.29, 1.82) is 0 Å². The van der Waals surface area contributed by atoms with Crippen molar-refractivity contribution < 1.29 is 23.1 Å². The summed E-state index contributed by atoms with van der Waals surface area (Å²) in [6.07, 6.45) is -0.332. The number of carbonyl (C=O) groups is 2. The molecule has 0 radical (unpaired) electrons. The lowest BCUT2D eigenvalue weighted by Gasteiger charge is -2.28. The van der Waals surface area contributed by atoms with Gasteiger partial charge < -0.3 is 10.1 Å². The maximum Gasteiger partial charge on any atom is 0.333 e. The molecule has 1 fully saturated rings. The first-order valence-electron chi connectivity index (χ1n) is 7.24. The van der Waals surface area contributed by atoms with E-state index >= 15 is 0 Å². The third kappa shape index (κ3) is 4.02. The summed E-state index contributed by atoms with van der Waals surface area (Å²) in [5.41, 5.74) is 0.601. The Hall–Kier alpha value is -1.98. The lowest BCUT2D eigenvalue weighted by Crippen LogP contribution is -2.40. The number of rotatable bonds is 4. The molecule has 0 bridgehead atoms. The third-order valence-electron chi connectivity index (χ3n) is 3.94. The van der Waals surface area contributed by atoms with Crippen molar-refractivity contribution in [2.45, 2.75) is 37.6 Å². The van der Waals surface area contributed by atoms with Crippen LogP contribution in [-0.2, 0) is 14.3 Å². The van der Waals surface area contributed by atoms with Gasteiger partial charge in [-0.1, -0.05) is 30.3 Å². The fourth-order valence-corrected chi connectivity index (χ4v) is 2.60. The summed E-state index contributed by atoms with van der Waals surface area (Å²) in [4.78, 5) is 24.1. The molecule has 1 aromatic rings. The maximum atomic E-state index is 13.1. The molecule has 2 rings (SSSR count). The van der Waals surface area contributed by atoms with Crippen LogP contribution in [-0.4, -0.2) is 24.9 Å². The van der Waals surface area contributed by atoms with Gasteiger partial charge in [0, 0.05) is 18.8 Å². The molecule has 1 atom stereocenters. The van der Waals surface area contributed by atoms with Crippen molar-refractivity contribution in [3.8, 4) is 0 Å². The molecule has 6 heteroatoms. The van der Waals surface area contributed by atoms with E-state index < -0.39 is 23.9 Å². The highest BCUT2D eigenvalue weighted by Gasteiger charge is 2.38. The molecule has 120 valence electrons. The molecule has 0 heterocycles. The minimum absolute atomic E-state index is 0.127. The van der Waals surface area contributed by atoms with Crippen LogP contribution in [0.3, 0.4) is 0 Å². The molecule has 4 nitrogen and oxygen atoms in total. The van der Waals surface area contributed by atoms with Gasteiger partial charge in [0.05, 0.1) is 7.11 Å². The number of esters is 1. The number of hydrogen-bond acceptors (Lipinski definition) is 3. The second-order valence-electron chi connectivity index (χ2n) is 5.51. The van der Waals surface area contributed by atoms with Gasteiger partial charge in [-0.05, 0) is 18.4 Å². The van der Waals surface area contributed by atoms with E-state index in [1.165, 1.54) is 7.11 Å². The van der Waals surface area contributed by atoms with Crippen LogP contribution in [0.1, 0.15) is 37.3 Å². The summed E-state index contributed by atoms with van der Waals surface area (Å²) >= 11 is 0. The molecule has 1 aliphatic carbocycles. The van der Waals surface area contributed by atoms with Gasteiger partial charge >= 0.3 is 5.97 Å². The quantitative estimate of drug-likeness (QED) is 0.870. The monoisotopic (exact) mass is 311 g/mol. The molecule has 1 saturated carbocycles. The summed E-state index contributed by atoms with van der Waals surface area (Å²) in [7, 11) is 1.24. The molecule has 1 amide bonds. The molecule has 1 aromatic carbocycles. The Morgan fingerprint density at radius 1 is 1.23 bits per heavy atom. The van der Waals surface area contributed by atoms with E-state index in [4.69, 9.17) is 4.74 Å². The van der Waals surface area contributed by atoms with Crippen molar-refractivity contribution >= 4 is 11.9 Å². The van der Waals surface area contributed by atoms with Crippen molar-refractivity contribution in [1.82, 2.24) is 5.32 Å². The van der Waals surface area contributed by atoms with Crippen LogP contribution in [0.4, 0.5) is 8.78 Å². The first kappa shape index (κ1) is 16.4. The first-order valence-corrected chi connectivity index (χ1v) is 7.24. The average Bonchev–Trinajstić information content (AvgIpc) is 2.52. The summed E-state index contributed by atoms with van der Waals surface area (Å²) in [5, 5.41) is 2.62. The highest BCUT2D eigenvalue weighted by atomic mass is 19.3. The van der Waals surface area contributed by atoms with E-state index in [0.717, 1.165) is 0 Å². The molecule has 0 saturated heterocycles. The Morgan fingerprint density at radius 2 is 1.82 bits per heavy atom. The number of ether oxygens (including phenoxy) is 1. The van der Waals surface area contributed by atoms with Gasteiger partial charge in [-0.3, -0.25) is 4.79 Å². The molecule has 22 heavy (non-hydrogen) atoms. The lowest BCUT2D eigenvalue weighted by atomic mass is 9.86. The van der Waals surface area contributed by atoms with E-state index in [-0.39, 0.29) is 31.6 Å². The van der Waals surface area contributed by atoms with E-state index in [1.807, 2.05) is 0 Å². The zero-order chi connectivity index (χ0) is 16.2. The van der Waals surface area contributed by atoms with Gasteiger partial charge in [-0.25, -0.2) is 13.6 Å². The zero-order valence-electron chi connectivity index (χ0n) is 12.4. The van der Waals surface area contributed by atoms with Crippen LogP contribution in [0.25, 0.3) is 0 Å². The Bertz CT molecular complexity index is 523. The van der Waals surface area contributed by atoms with E-state index in [2.05, 4.69) is 5.32 Å². The molecule has 1 aliphatic rings. The van der Waals surface area contributed by atoms with Crippen LogP contribution in [0.5, 0.6) is 0 Å². The van der Waals surface area contributed by atoms with Gasteiger partial charge in [0.25, 0.3) is 0 Å². The number of alkyl halides is 2. The number of amides is 1. The lowest BCUT2D eigenvalue weighted by molar-refractivity contribution is -0.146. The highest BCUT2D eigenvalue weighted by Crippen LogP contribution is 2.36. The summed E-state index contributed by atoms with van der Waals surface area (Å²) in [6.45, 7) is 0. The normalized spacial score (nSPS) is 19.2. The van der Waals surface area contributed by atoms with E-state index in [1.54, 1.807) is 30.3 Å².